The molecule has 0 bridgehead atoms. The van der Waals surface area contributed by atoms with Gasteiger partial charge in [0.25, 0.3) is 5.56 Å². The second-order valence-corrected chi connectivity index (χ2v) is 5.48. The summed E-state index contributed by atoms with van der Waals surface area (Å²) < 4.78 is 1.72. The van der Waals surface area contributed by atoms with Gasteiger partial charge in [0.2, 0.25) is 5.82 Å². The molecule has 0 saturated heterocycles. The molecule has 0 saturated carbocycles. The van der Waals surface area contributed by atoms with E-state index in [2.05, 4.69) is 30.9 Å². The quantitative estimate of drug-likeness (QED) is 0.594. The van der Waals surface area contributed by atoms with Crippen LogP contribution >= 0.6 is 0 Å². The van der Waals surface area contributed by atoms with Crippen molar-refractivity contribution in [2.24, 2.45) is 0 Å². The summed E-state index contributed by atoms with van der Waals surface area (Å²) in [6.07, 6.45) is 1.76. The maximum Gasteiger partial charge on any atom is 0.251 e. The lowest BCUT2D eigenvalue weighted by Gasteiger charge is -2.10. The van der Waals surface area contributed by atoms with Crippen molar-refractivity contribution in [2.75, 3.05) is 5.32 Å². The molecule has 0 unspecified atom stereocenters. The van der Waals surface area contributed by atoms with E-state index in [-0.39, 0.29) is 5.56 Å². The van der Waals surface area contributed by atoms with Crippen molar-refractivity contribution >= 4 is 22.4 Å². The summed E-state index contributed by atoms with van der Waals surface area (Å²) in [6.45, 7) is 2.56. The Morgan fingerprint density at radius 2 is 2.00 bits per heavy atom. The first kappa shape index (κ1) is 15.0. The van der Waals surface area contributed by atoms with Gasteiger partial charge in [0.05, 0.1) is 5.52 Å². The van der Waals surface area contributed by atoms with Gasteiger partial charge in [-0.2, -0.15) is 5.21 Å². The fraction of sp³-hybridized carbons (Fsp3) is 0.118. The predicted octanol–water partition coefficient (Wildman–Crippen LogP) is 2.34. The third kappa shape index (κ3) is 2.85. The number of H-pyrrole nitrogens is 1. The fourth-order valence-electron chi connectivity index (χ4n) is 2.72. The van der Waals surface area contributed by atoms with Crippen LogP contribution in [0.1, 0.15) is 6.92 Å². The summed E-state index contributed by atoms with van der Waals surface area (Å²) >= 11 is 0. The van der Waals surface area contributed by atoms with Crippen molar-refractivity contribution in [3.8, 4) is 11.4 Å². The molecule has 4 aromatic rings. The average molecular weight is 333 g/mol. The first-order valence-electron chi connectivity index (χ1n) is 7.85. The first-order chi connectivity index (χ1) is 12.2. The van der Waals surface area contributed by atoms with Gasteiger partial charge in [-0.05, 0) is 42.5 Å². The van der Waals surface area contributed by atoms with Crippen LogP contribution in [0, 0.1) is 0 Å². The van der Waals surface area contributed by atoms with Crippen LogP contribution in [-0.2, 0) is 6.54 Å². The summed E-state index contributed by atoms with van der Waals surface area (Å²) in [6, 6.07) is 12.9. The highest BCUT2D eigenvalue weighted by Crippen LogP contribution is 2.21. The van der Waals surface area contributed by atoms with Crippen LogP contribution in [0.2, 0.25) is 0 Å². The van der Waals surface area contributed by atoms with E-state index in [0.717, 1.165) is 22.2 Å². The van der Waals surface area contributed by atoms with Gasteiger partial charge in [-0.1, -0.05) is 0 Å². The number of fused-ring (bicyclic) bond motifs is 1. The summed E-state index contributed by atoms with van der Waals surface area (Å²) in [5, 5.41) is 18.1. The molecule has 8 heteroatoms. The van der Waals surface area contributed by atoms with Crippen molar-refractivity contribution in [1.82, 2.24) is 30.2 Å². The van der Waals surface area contributed by atoms with Crippen molar-refractivity contribution in [3.05, 3.63) is 59.0 Å². The predicted molar refractivity (Wildman–Crippen MR) is 94.6 cm³/mol. The number of anilines is 2. The Labute approximate surface area is 142 Å². The third-order valence-corrected chi connectivity index (χ3v) is 3.95. The Kier molecular flexibility index (Phi) is 3.70. The molecule has 25 heavy (non-hydrogen) atoms. The van der Waals surface area contributed by atoms with Crippen LogP contribution in [0.25, 0.3) is 22.3 Å². The summed E-state index contributed by atoms with van der Waals surface area (Å²) in [5.41, 5.74) is 2.58. The second kappa shape index (κ2) is 6.16. The van der Waals surface area contributed by atoms with E-state index in [0.29, 0.717) is 18.2 Å². The SMILES string of the molecule is CCn1c(=O)ccc2cnc(Nc3ccc(-c4nn[nH]n4)cc3)cc21. The molecule has 2 N–H and O–H groups in total. The molecule has 4 rings (SSSR count). The molecule has 0 fully saturated rings. The van der Waals surface area contributed by atoms with E-state index < -0.39 is 0 Å². The molecular weight excluding hydrogens is 318 g/mol. The van der Waals surface area contributed by atoms with Gasteiger partial charge < -0.3 is 9.88 Å². The zero-order valence-electron chi connectivity index (χ0n) is 13.5. The standard InChI is InChI=1S/C17H15N7O/c1-2-24-14-9-15(18-10-12(14)5-8-16(24)25)19-13-6-3-11(4-7-13)17-20-22-23-21-17/h3-10H,2H2,1H3,(H,18,19)(H,20,21,22,23). The Morgan fingerprint density at radius 3 is 2.72 bits per heavy atom. The Bertz CT molecular complexity index is 1070. The van der Waals surface area contributed by atoms with Gasteiger partial charge in [0.15, 0.2) is 0 Å². The van der Waals surface area contributed by atoms with Gasteiger partial charge in [-0.3, -0.25) is 4.79 Å². The number of tetrazole rings is 1. The number of nitrogens with zero attached hydrogens (tertiary/aromatic N) is 5. The average Bonchev–Trinajstić information content (AvgIpc) is 3.17. The lowest BCUT2D eigenvalue weighted by atomic mass is 10.2. The molecule has 0 aliphatic carbocycles. The monoisotopic (exact) mass is 333 g/mol. The van der Waals surface area contributed by atoms with Gasteiger partial charge >= 0.3 is 0 Å². The smallest absolute Gasteiger partial charge is 0.251 e. The highest BCUT2D eigenvalue weighted by molar-refractivity contribution is 5.81. The maximum absolute atomic E-state index is 12.0. The van der Waals surface area contributed by atoms with Crippen molar-refractivity contribution in [2.45, 2.75) is 13.5 Å². The van der Waals surface area contributed by atoms with Crippen LogP contribution < -0.4 is 10.9 Å². The second-order valence-electron chi connectivity index (χ2n) is 5.48. The lowest BCUT2D eigenvalue weighted by Crippen LogP contribution is -2.18. The number of aromatic amines is 1. The molecule has 0 amide bonds. The number of hydrogen-bond acceptors (Lipinski definition) is 6. The van der Waals surface area contributed by atoms with E-state index in [4.69, 9.17) is 0 Å². The van der Waals surface area contributed by atoms with Crippen molar-refractivity contribution in [3.63, 3.8) is 0 Å². The summed E-state index contributed by atoms with van der Waals surface area (Å²) in [7, 11) is 0. The zero-order valence-corrected chi connectivity index (χ0v) is 13.5. The molecule has 0 aliphatic heterocycles. The Hall–Kier alpha value is -3.55. The highest BCUT2D eigenvalue weighted by atomic mass is 16.1. The van der Waals surface area contributed by atoms with E-state index in [1.165, 1.54) is 0 Å². The molecule has 3 heterocycles. The van der Waals surface area contributed by atoms with Crippen molar-refractivity contribution < 1.29 is 0 Å². The number of pyridine rings is 2. The van der Waals surface area contributed by atoms with E-state index in [9.17, 15) is 4.79 Å². The first-order valence-corrected chi connectivity index (χ1v) is 7.85. The maximum atomic E-state index is 12.0. The van der Waals surface area contributed by atoms with Crippen LogP contribution in [-0.4, -0.2) is 30.2 Å². The highest BCUT2D eigenvalue weighted by Gasteiger charge is 2.06. The Balaban J connectivity index is 1.65. The third-order valence-electron chi connectivity index (χ3n) is 3.95. The minimum absolute atomic E-state index is 0.0170. The lowest BCUT2D eigenvalue weighted by molar-refractivity contribution is 0.759. The topological polar surface area (TPSA) is 101 Å². The number of benzene rings is 1. The van der Waals surface area contributed by atoms with Crippen LogP contribution in [0.15, 0.2) is 53.5 Å². The number of rotatable bonds is 4. The minimum atomic E-state index is -0.0170. The molecule has 3 aromatic heterocycles. The molecule has 0 radical (unpaired) electrons. The summed E-state index contributed by atoms with van der Waals surface area (Å²) in [4.78, 5) is 16.4. The van der Waals surface area contributed by atoms with Crippen LogP contribution in [0.4, 0.5) is 11.5 Å². The van der Waals surface area contributed by atoms with Crippen LogP contribution in [0.5, 0.6) is 0 Å². The number of aryl methyl sites for hydroxylation is 1. The molecular formula is C17H15N7O. The number of hydrogen-bond donors (Lipinski definition) is 2. The van der Waals surface area contributed by atoms with Gasteiger partial charge in [0, 0.05) is 41.5 Å². The Morgan fingerprint density at radius 1 is 1.16 bits per heavy atom. The van der Waals surface area contributed by atoms with Crippen molar-refractivity contribution in [1.29, 1.82) is 0 Å². The van der Waals surface area contributed by atoms with Gasteiger partial charge in [-0.15, -0.1) is 10.2 Å². The molecule has 8 nitrogen and oxygen atoms in total. The number of aromatic nitrogens is 6. The molecule has 0 spiro atoms. The largest absolute Gasteiger partial charge is 0.340 e. The minimum Gasteiger partial charge on any atom is -0.340 e. The molecule has 124 valence electrons. The van der Waals surface area contributed by atoms with E-state index in [1.807, 2.05) is 37.3 Å². The molecule has 0 atom stereocenters. The van der Waals surface area contributed by atoms with Gasteiger partial charge in [-0.25, -0.2) is 4.98 Å². The fourth-order valence-corrected chi connectivity index (χ4v) is 2.72. The molecule has 1 aromatic carbocycles. The number of nitrogens with one attached hydrogen (secondary N) is 2. The van der Waals surface area contributed by atoms with E-state index >= 15 is 0 Å². The molecule has 0 aliphatic rings. The summed E-state index contributed by atoms with van der Waals surface area (Å²) in [5.74, 6) is 1.22. The van der Waals surface area contributed by atoms with Crippen LogP contribution in [0.3, 0.4) is 0 Å². The van der Waals surface area contributed by atoms with Gasteiger partial charge in [0.1, 0.15) is 5.82 Å². The zero-order chi connectivity index (χ0) is 17.2. The normalized spacial score (nSPS) is 10.9. The van der Waals surface area contributed by atoms with E-state index in [1.54, 1.807) is 22.9 Å².